The van der Waals surface area contributed by atoms with Gasteiger partial charge >= 0.3 is 18.2 Å². The number of aliphatic carboxylic acids is 1. The zero-order valence-corrected chi connectivity index (χ0v) is 22.8. The molecule has 0 saturated heterocycles. The number of benzene rings is 2. The maximum atomic E-state index is 14.8. The minimum absolute atomic E-state index is 0.0500. The molecule has 2 aromatic carbocycles. The Kier molecular flexibility index (Phi) is 8.77. The van der Waals surface area contributed by atoms with Crippen LogP contribution in [0, 0.1) is 11.7 Å². The molecule has 1 heterocycles. The molecule has 1 fully saturated rings. The molecule has 6 nitrogen and oxygen atoms in total. The molecule has 0 aliphatic heterocycles. The average molecular weight is 655 g/mol. The summed E-state index contributed by atoms with van der Waals surface area (Å²) in [6.07, 6.45) is -1.89. The van der Waals surface area contributed by atoms with Gasteiger partial charge in [-0.3, -0.25) is 9.78 Å². The molecule has 3 aromatic rings. The Morgan fingerprint density at radius 1 is 1.00 bits per heavy atom. The number of hydrogen-bond donors (Lipinski definition) is 3. The summed E-state index contributed by atoms with van der Waals surface area (Å²) in [5, 5.41) is 15.0. The smallest absolute Gasteiger partial charge is 0.416 e. The van der Waals surface area contributed by atoms with Gasteiger partial charge in [0.1, 0.15) is 11.4 Å². The van der Waals surface area contributed by atoms with Crippen LogP contribution in [-0.2, 0) is 27.4 Å². The predicted octanol–water partition coefficient (Wildman–Crippen LogP) is 6.21. The highest BCUT2D eigenvalue weighted by atomic mass is 127. The first kappa shape index (κ1) is 28.8. The summed E-state index contributed by atoms with van der Waals surface area (Å²) in [4.78, 5) is 29.6. The maximum Gasteiger partial charge on any atom is 0.416 e. The van der Waals surface area contributed by atoms with Gasteiger partial charge in [-0.25, -0.2) is 9.18 Å². The van der Waals surface area contributed by atoms with Gasteiger partial charge in [0.05, 0.1) is 17.2 Å². The van der Waals surface area contributed by atoms with E-state index in [9.17, 15) is 32.3 Å². The minimum atomic E-state index is -4.84. The van der Waals surface area contributed by atoms with Gasteiger partial charge in [-0.2, -0.15) is 13.2 Å². The lowest BCUT2D eigenvalue weighted by Crippen LogP contribution is -2.55. The number of nitrogens with zero attached hydrogens (tertiary/aromatic N) is 1. The van der Waals surface area contributed by atoms with Crippen molar-refractivity contribution in [1.82, 2.24) is 15.6 Å². The summed E-state index contributed by atoms with van der Waals surface area (Å²) >= 11 is 2.15. The molecule has 1 saturated carbocycles. The molecule has 1 aromatic heterocycles. The second-order valence-electron chi connectivity index (χ2n) is 9.56. The predicted molar refractivity (Wildman–Crippen MR) is 145 cm³/mol. The number of carboxylic acids is 1. The SMILES string of the molecule is O=C(N[C@@H]1CCC[C@@H]1C(=O)O)N[C@@](Cc1ccccc1)(c1cc(F)cc(C(F)(F)F)c1)c1ccc(CI)cn1. The van der Waals surface area contributed by atoms with Crippen molar-refractivity contribution < 1.29 is 32.3 Å². The van der Waals surface area contributed by atoms with Crippen LogP contribution in [0.5, 0.6) is 0 Å². The Bertz CT molecular complexity index is 1320. The summed E-state index contributed by atoms with van der Waals surface area (Å²) in [5.74, 6) is -2.94. The van der Waals surface area contributed by atoms with Crippen LogP contribution in [0.2, 0.25) is 0 Å². The van der Waals surface area contributed by atoms with Crippen molar-refractivity contribution in [2.45, 2.75) is 47.9 Å². The molecule has 39 heavy (non-hydrogen) atoms. The number of carboxylic acid groups (broad SMARTS) is 1. The van der Waals surface area contributed by atoms with E-state index in [2.05, 4.69) is 38.2 Å². The lowest BCUT2D eigenvalue weighted by molar-refractivity contribution is -0.142. The third-order valence-corrected chi connectivity index (χ3v) is 7.80. The van der Waals surface area contributed by atoms with E-state index < -0.39 is 47.1 Å². The summed E-state index contributed by atoms with van der Waals surface area (Å²) in [6, 6.07) is 12.8. The minimum Gasteiger partial charge on any atom is -0.481 e. The molecule has 0 radical (unpaired) electrons. The van der Waals surface area contributed by atoms with E-state index in [1.165, 1.54) is 0 Å². The molecule has 3 N–H and O–H groups in total. The van der Waals surface area contributed by atoms with E-state index >= 15 is 0 Å². The van der Waals surface area contributed by atoms with Crippen LogP contribution in [-0.4, -0.2) is 28.1 Å². The van der Waals surface area contributed by atoms with Crippen molar-refractivity contribution in [3.63, 3.8) is 0 Å². The zero-order chi connectivity index (χ0) is 28.2. The topological polar surface area (TPSA) is 91.3 Å². The monoisotopic (exact) mass is 655 g/mol. The fraction of sp³-hybridized carbons (Fsp3) is 0.321. The number of pyridine rings is 1. The number of halogens is 5. The van der Waals surface area contributed by atoms with Crippen LogP contribution in [0.4, 0.5) is 22.4 Å². The first-order valence-corrected chi connectivity index (χ1v) is 13.8. The van der Waals surface area contributed by atoms with Crippen molar-refractivity contribution in [3.8, 4) is 0 Å². The molecule has 1 aliphatic rings. The fourth-order valence-corrected chi connectivity index (χ4v) is 5.46. The molecule has 1 aliphatic carbocycles. The first-order valence-electron chi connectivity index (χ1n) is 12.3. The van der Waals surface area contributed by atoms with Crippen LogP contribution < -0.4 is 10.6 Å². The van der Waals surface area contributed by atoms with Crippen LogP contribution in [0.3, 0.4) is 0 Å². The van der Waals surface area contributed by atoms with Crippen LogP contribution in [0.1, 0.15) is 47.2 Å². The zero-order valence-electron chi connectivity index (χ0n) is 20.6. The summed E-state index contributed by atoms with van der Waals surface area (Å²) in [7, 11) is 0. The molecule has 0 unspecified atom stereocenters. The molecule has 206 valence electrons. The molecule has 3 atom stereocenters. The Hall–Kier alpha value is -3.22. The maximum absolute atomic E-state index is 14.8. The van der Waals surface area contributed by atoms with Crippen molar-refractivity contribution in [3.05, 3.63) is 101 Å². The molecular weight excluding hydrogens is 629 g/mol. The molecule has 11 heteroatoms. The normalized spacial score (nSPS) is 18.8. The van der Waals surface area contributed by atoms with Crippen LogP contribution in [0.25, 0.3) is 0 Å². The van der Waals surface area contributed by atoms with Gasteiger partial charge in [0.2, 0.25) is 0 Å². The summed E-state index contributed by atoms with van der Waals surface area (Å²) < 4.78 is 56.7. The third kappa shape index (κ3) is 6.68. The second-order valence-corrected chi connectivity index (χ2v) is 10.3. The lowest BCUT2D eigenvalue weighted by Gasteiger charge is -2.36. The van der Waals surface area contributed by atoms with Gasteiger partial charge in [0.15, 0.2) is 0 Å². The van der Waals surface area contributed by atoms with Gasteiger partial charge < -0.3 is 15.7 Å². The van der Waals surface area contributed by atoms with Gasteiger partial charge in [0, 0.05) is 23.1 Å². The molecule has 0 spiro atoms. The van der Waals surface area contributed by atoms with Crippen LogP contribution in [0.15, 0.2) is 66.9 Å². The number of carbonyl (C=O) groups is 2. The van der Waals surface area contributed by atoms with E-state index in [0.29, 0.717) is 35.3 Å². The largest absolute Gasteiger partial charge is 0.481 e. The fourth-order valence-electron chi connectivity index (χ4n) is 5.01. The first-order chi connectivity index (χ1) is 18.5. The van der Waals surface area contributed by atoms with Crippen molar-refractivity contribution in [1.29, 1.82) is 0 Å². The Morgan fingerprint density at radius 2 is 1.72 bits per heavy atom. The van der Waals surface area contributed by atoms with Crippen molar-refractivity contribution in [2.24, 2.45) is 5.92 Å². The Balaban J connectivity index is 1.87. The molecule has 4 rings (SSSR count). The van der Waals surface area contributed by atoms with Gasteiger partial charge in [-0.15, -0.1) is 0 Å². The number of amides is 2. The molecular formula is C28H26F4IN3O3. The van der Waals surface area contributed by atoms with Gasteiger partial charge in [-0.05, 0) is 53.8 Å². The average Bonchev–Trinajstić information content (AvgIpc) is 3.36. The summed E-state index contributed by atoms with van der Waals surface area (Å²) in [5.41, 5.74) is -1.38. The highest BCUT2D eigenvalue weighted by molar-refractivity contribution is 14.1. The molecule has 0 bridgehead atoms. The quantitative estimate of drug-likeness (QED) is 0.153. The lowest BCUT2D eigenvalue weighted by atomic mass is 9.79. The Morgan fingerprint density at radius 3 is 2.33 bits per heavy atom. The number of nitrogens with one attached hydrogen (secondary N) is 2. The van der Waals surface area contributed by atoms with E-state index in [0.717, 1.165) is 17.7 Å². The van der Waals surface area contributed by atoms with Crippen LogP contribution >= 0.6 is 22.6 Å². The highest BCUT2D eigenvalue weighted by Crippen LogP contribution is 2.38. The second kappa shape index (κ2) is 11.9. The summed E-state index contributed by atoms with van der Waals surface area (Å²) in [6.45, 7) is 0. The van der Waals surface area contributed by atoms with E-state index in [4.69, 9.17) is 0 Å². The van der Waals surface area contributed by atoms with Gasteiger partial charge in [-0.1, -0.05) is 65.4 Å². The molecule has 2 amide bonds. The van der Waals surface area contributed by atoms with E-state index in [1.807, 2.05) is 0 Å². The number of hydrogen-bond acceptors (Lipinski definition) is 3. The number of aromatic nitrogens is 1. The van der Waals surface area contributed by atoms with E-state index in [-0.39, 0.29) is 17.7 Å². The van der Waals surface area contributed by atoms with Crippen molar-refractivity contribution in [2.75, 3.05) is 0 Å². The van der Waals surface area contributed by atoms with Gasteiger partial charge in [0.25, 0.3) is 0 Å². The van der Waals surface area contributed by atoms with E-state index in [1.54, 1.807) is 48.7 Å². The van der Waals surface area contributed by atoms with Crippen molar-refractivity contribution >= 4 is 34.6 Å². The number of alkyl halides is 4. The third-order valence-electron chi connectivity index (χ3n) is 6.92. The number of rotatable bonds is 8. The Labute approximate surface area is 236 Å². The number of urea groups is 1. The standard InChI is InChI=1S/C28H26F4IN3O3/c29-21-12-19(11-20(13-21)28(30,31)32)27(14-17-5-2-1-3-6-17,24-10-9-18(15-33)16-34-24)36-26(39)35-23-8-4-7-22(23)25(37)38/h1-3,5-6,9-13,16,22-23H,4,7-8,14-15H2,(H,37,38)(H2,35,36,39)/t22-,23+,27-/m0/s1. The number of carbonyl (C=O) groups excluding carboxylic acids is 1. The highest BCUT2D eigenvalue weighted by Gasteiger charge is 2.42.